The number of aliphatic imine (C=N–C) groups is 1. The summed E-state index contributed by atoms with van der Waals surface area (Å²) >= 11 is 0. The zero-order valence-electron chi connectivity index (χ0n) is 10.4. The van der Waals surface area contributed by atoms with E-state index in [0.29, 0.717) is 5.96 Å². The van der Waals surface area contributed by atoms with Gasteiger partial charge in [0.1, 0.15) is 0 Å². The van der Waals surface area contributed by atoms with Gasteiger partial charge >= 0.3 is 0 Å². The van der Waals surface area contributed by atoms with Crippen LogP contribution in [0.15, 0.2) is 4.99 Å². The molecule has 4 heteroatoms. The number of rotatable bonds is 5. The zero-order chi connectivity index (χ0) is 11.6. The molecule has 16 heavy (non-hydrogen) atoms. The van der Waals surface area contributed by atoms with Gasteiger partial charge in [0, 0.05) is 13.7 Å². The third-order valence-electron chi connectivity index (χ3n) is 3.98. The maximum Gasteiger partial charge on any atom is 0.191 e. The van der Waals surface area contributed by atoms with Crippen LogP contribution in [0, 0.1) is 5.92 Å². The summed E-state index contributed by atoms with van der Waals surface area (Å²) in [5.41, 5.74) is 6.08. The maximum absolute atomic E-state index is 5.95. The molecule has 1 unspecified atom stereocenters. The van der Waals surface area contributed by atoms with Crippen molar-refractivity contribution in [3.8, 4) is 0 Å². The molecule has 2 rings (SSSR count). The van der Waals surface area contributed by atoms with Crippen LogP contribution in [0.2, 0.25) is 0 Å². The van der Waals surface area contributed by atoms with Gasteiger partial charge in [0.2, 0.25) is 0 Å². The molecular formula is C12H23N3O. The Morgan fingerprint density at radius 3 is 2.88 bits per heavy atom. The van der Waals surface area contributed by atoms with Gasteiger partial charge in [0.15, 0.2) is 5.96 Å². The van der Waals surface area contributed by atoms with Gasteiger partial charge in [-0.15, -0.1) is 0 Å². The highest BCUT2D eigenvalue weighted by Crippen LogP contribution is 2.37. The van der Waals surface area contributed by atoms with E-state index in [4.69, 9.17) is 10.5 Å². The van der Waals surface area contributed by atoms with Crippen molar-refractivity contribution in [3.63, 3.8) is 0 Å². The van der Waals surface area contributed by atoms with E-state index in [9.17, 15) is 0 Å². The second-order valence-corrected chi connectivity index (χ2v) is 5.32. The van der Waals surface area contributed by atoms with E-state index in [1.54, 1.807) is 7.11 Å². The minimum atomic E-state index is 0.133. The summed E-state index contributed by atoms with van der Waals surface area (Å²) in [6.07, 6.45) is 5.39. The summed E-state index contributed by atoms with van der Waals surface area (Å²) < 4.78 is 5.14. The third kappa shape index (κ3) is 2.17. The number of ether oxygens (including phenoxy) is 1. The average Bonchev–Trinajstić information content (AvgIpc) is 2.48. The van der Waals surface area contributed by atoms with Gasteiger partial charge in [-0.2, -0.15) is 0 Å². The Balaban J connectivity index is 1.95. The molecule has 0 aromatic carbocycles. The molecule has 1 heterocycles. The number of nitrogens with two attached hydrogens (primary N) is 1. The monoisotopic (exact) mass is 225 g/mol. The summed E-state index contributed by atoms with van der Waals surface area (Å²) in [7, 11) is 1.73. The van der Waals surface area contributed by atoms with E-state index in [1.807, 2.05) is 0 Å². The first-order valence-corrected chi connectivity index (χ1v) is 6.22. The van der Waals surface area contributed by atoms with Gasteiger partial charge in [-0.05, 0) is 19.3 Å². The van der Waals surface area contributed by atoms with E-state index in [-0.39, 0.29) is 5.54 Å². The van der Waals surface area contributed by atoms with E-state index in [1.165, 1.54) is 25.7 Å². The largest absolute Gasteiger partial charge is 0.383 e. The Bertz CT molecular complexity index is 275. The molecule has 1 saturated carbocycles. The average molecular weight is 225 g/mol. The molecule has 0 aromatic rings. The van der Waals surface area contributed by atoms with Gasteiger partial charge in [0.05, 0.1) is 18.7 Å². The van der Waals surface area contributed by atoms with Crippen molar-refractivity contribution in [1.29, 1.82) is 0 Å². The van der Waals surface area contributed by atoms with E-state index in [2.05, 4.69) is 16.8 Å². The summed E-state index contributed by atoms with van der Waals surface area (Å²) in [5.74, 6) is 1.58. The van der Waals surface area contributed by atoms with Crippen LogP contribution in [0.25, 0.3) is 0 Å². The molecule has 92 valence electrons. The van der Waals surface area contributed by atoms with E-state index < -0.39 is 0 Å². The minimum Gasteiger partial charge on any atom is -0.383 e. The van der Waals surface area contributed by atoms with Crippen LogP contribution < -0.4 is 5.73 Å². The molecule has 0 saturated heterocycles. The van der Waals surface area contributed by atoms with Gasteiger partial charge in [0.25, 0.3) is 0 Å². The highest BCUT2D eigenvalue weighted by Gasteiger charge is 2.40. The first-order chi connectivity index (χ1) is 7.65. The van der Waals surface area contributed by atoms with Crippen LogP contribution in [0.1, 0.15) is 32.6 Å². The summed E-state index contributed by atoms with van der Waals surface area (Å²) in [6.45, 7) is 4.70. The normalized spacial score (nSPS) is 30.4. The summed E-state index contributed by atoms with van der Waals surface area (Å²) in [5, 5.41) is 0. The van der Waals surface area contributed by atoms with Crippen molar-refractivity contribution >= 4 is 5.96 Å². The molecule has 2 N–H and O–H groups in total. The van der Waals surface area contributed by atoms with Crippen LogP contribution in [0.3, 0.4) is 0 Å². The van der Waals surface area contributed by atoms with Crippen LogP contribution in [-0.2, 0) is 4.74 Å². The number of guanidine groups is 1. The van der Waals surface area contributed by atoms with E-state index >= 15 is 0 Å². The predicted molar refractivity (Wildman–Crippen MR) is 65.4 cm³/mol. The number of hydrogen-bond donors (Lipinski definition) is 1. The lowest BCUT2D eigenvalue weighted by Gasteiger charge is -2.41. The summed E-state index contributed by atoms with van der Waals surface area (Å²) in [4.78, 5) is 6.63. The molecule has 1 atom stereocenters. The Kier molecular flexibility index (Phi) is 3.38. The quantitative estimate of drug-likeness (QED) is 0.765. The SMILES string of the molecule is COCCN1C(N)=NCC1(C)CC1CCC1. The Morgan fingerprint density at radius 2 is 2.31 bits per heavy atom. The minimum absolute atomic E-state index is 0.133. The topological polar surface area (TPSA) is 50.9 Å². The number of methoxy groups -OCH3 is 1. The van der Waals surface area contributed by atoms with Crippen molar-refractivity contribution in [1.82, 2.24) is 4.90 Å². The molecule has 0 radical (unpaired) electrons. The van der Waals surface area contributed by atoms with Crippen molar-refractivity contribution in [2.75, 3.05) is 26.8 Å². The van der Waals surface area contributed by atoms with Crippen LogP contribution >= 0.6 is 0 Å². The Morgan fingerprint density at radius 1 is 1.56 bits per heavy atom. The summed E-state index contributed by atoms with van der Waals surface area (Å²) in [6, 6.07) is 0. The molecule has 0 spiro atoms. The molecule has 1 aliphatic carbocycles. The standard InChI is InChI=1S/C12H23N3O/c1-12(8-10-4-3-5-10)9-14-11(13)15(12)6-7-16-2/h10H,3-9H2,1-2H3,(H2,13,14). The van der Waals surface area contributed by atoms with Crippen molar-refractivity contribution in [2.24, 2.45) is 16.6 Å². The molecule has 1 fully saturated rings. The van der Waals surface area contributed by atoms with Crippen molar-refractivity contribution in [3.05, 3.63) is 0 Å². The van der Waals surface area contributed by atoms with E-state index in [0.717, 1.165) is 25.6 Å². The van der Waals surface area contributed by atoms with Crippen LogP contribution in [-0.4, -0.2) is 43.2 Å². The highest BCUT2D eigenvalue weighted by atomic mass is 16.5. The van der Waals surface area contributed by atoms with Crippen molar-refractivity contribution < 1.29 is 4.74 Å². The molecule has 0 aromatic heterocycles. The fourth-order valence-electron chi connectivity index (χ4n) is 2.76. The number of hydrogen-bond acceptors (Lipinski definition) is 4. The smallest absolute Gasteiger partial charge is 0.191 e. The second-order valence-electron chi connectivity index (χ2n) is 5.32. The van der Waals surface area contributed by atoms with Gasteiger partial charge in [-0.25, -0.2) is 0 Å². The van der Waals surface area contributed by atoms with Gasteiger partial charge in [-0.3, -0.25) is 4.99 Å². The lowest BCUT2D eigenvalue weighted by Crippen LogP contribution is -2.52. The lowest BCUT2D eigenvalue weighted by atomic mass is 9.76. The Labute approximate surface area is 97.9 Å². The molecule has 1 aliphatic heterocycles. The third-order valence-corrected chi connectivity index (χ3v) is 3.98. The molecule has 2 aliphatic rings. The lowest BCUT2D eigenvalue weighted by molar-refractivity contribution is 0.107. The Hall–Kier alpha value is -0.770. The maximum atomic E-state index is 5.95. The first kappa shape index (κ1) is 11.7. The molecule has 0 amide bonds. The first-order valence-electron chi connectivity index (χ1n) is 6.22. The fourth-order valence-corrected chi connectivity index (χ4v) is 2.76. The second kappa shape index (κ2) is 4.62. The van der Waals surface area contributed by atoms with Crippen LogP contribution in [0.4, 0.5) is 0 Å². The van der Waals surface area contributed by atoms with Crippen molar-refractivity contribution in [2.45, 2.75) is 38.1 Å². The molecule has 4 nitrogen and oxygen atoms in total. The number of nitrogens with zero attached hydrogens (tertiary/aromatic N) is 2. The predicted octanol–water partition coefficient (Wildman–Crippen LogP) is 1.21. The fraction of sp³-hybridized carbons (Fsp3) is 0.917. The van der Waals surface area contributed by atoms with Crippen LogP contribution in [0.5, 0.6) is 0 Å². The van der Waals surface area contributed by atoms with Gasteiger partial charge < -0.3 is 15.4 Å². The molecular weight excluding hydrogens is 202 g/mol. The molecule has 0 bridgehead atoms. The van der Waals surface area contributed by atoms with Gasteiger partial charge in [-0.1, -0.05) is 19.3 Å². The highest BCUT2D eigenvalue weighted by molar-refractivity contribution is 5.80. The zero-order valence-corrected chi connectivity index (χ0v) is 10.4.